The van der Waals surface area contributed by atoms with E-state index in [4.69, 9.17) is 9.97 Å². The average Bonchev–Trinajstić information content (AvgIpc) is 3.58. The molecule has 0 amide bonds. The third-order valence-electron chi connectivity index (χ3n) is 5.51. The predicted octanol–water partition coefficient (Wildman–Crippen LogP) is 5.97. The largest absolute Gasteiger partial charge is 0.355 e. The Balaban J connectivity index is 0.00000228. The van der Waals surface area contributed by atoms with Crippen LogP contribution < -0.4 is 0 Å². The molecule has 33 heavy (non-hydrogen) atoms. The molecule has 2 N–H and O–H groups in total. The topological polar surface area (TPSA) is 81.2 Å². The van der Waals surface area contributed by atoms with Gasteiger partial charge in [0.25, 0.3) is 0 Å². The molecule has 0 spiro atoms. The van der Waals surface area contributed by atoms with Crippen LogP contribution in [0.5, 0.6) is 0 Å². The molecule has 5 heterocycles. The minimum atomic E-state index is 0. The molecule has 2 aliphatic heterocycles. The van der Waals surface area contributed by atoms with E-state index in [0.717, 1.165) is 50.3 Å². The number of aromatic nitrogens is 4. The number of rotatable bonds is 1. The van der Waals surface area contributed by atoms with Crippen LogP contribution in [0.1, 0.15) is 28.3 Å². The van der Waals surface area contributed by atoms with Crippen LogP contribution in [0.3, 0.4) is 0 Å². The van der Waals surface area contributed by atoms with Crippen LogP contribution in [0.2, 0.25) is 0 Å². The molecule has 0 unspecified atom stereocenters. The van der Waals surface area contributed by atoms with Gasteiger partial charge in [-0.3, -0.25) is 0 Å². The van der Waals surface area contributed by atoms with Crippen LogP contribution in [-0.2, 0) is 20.4 Å². The molecule has 3 aromatic heterocycles. The maximum atomic E-state index is 10.0. The summed E-state index contributed by atoms with van der Waals surface area (Å²) in [6, 6.07) is 28.3. The van der Waals surface area contributed by atoms with Gasteiger partial charge < -0.3 is 9.97 Å². The summed E-state index contributed by atoms with van der Waals surface area (Å²) in [6.07, 6.45) is 3.95. The maximum absolute atomic E-state index is 10.0. The molecular formula is C27H17N5Pd. The standard InChI is InChI=1S/C27H17N5.Pd/c28-16-24-25-14-22-10-8-20(30-22)12-18-6-7-19(29-18)13-21-9-11-23(31-21)15-26(32-25)27(24)17-4-2-1-3-5-17;/h1-15,29-30H;. The van der Waals surface area contributed by atoms with E-state index in [1.165, 1.54) is 0 Å². The van der Waals surface area contributed by atoms with Gasteiger partial charge in [0.15, 0.2) is 0 Å². The molecule has 4 aromatic rings. The van der Waals surface area contributed by atoms with E-state index in [0.29, 0.717) is 11.3 Å². The quantitative estimate of drug-likeness (QED) is 0.269. The van der Waals surface area contributed by atoms with E-state index < -0.39 is 0 Å². The number of nitriles is 1. The monoisotopic (exact) mass is 517 g/mol. The van der Waals surface area contributed by atoms with Crippen LogP contribution >= 0.6 is 0 Å². The molecule has 0 aliphatic carbocycles. The summed E-state index contributed by atoms with van der Waals surface area (Å²) in [5.41, 5.74) is 9.19. The van der Waals surface area contributed by atoms with Crippen LogP contribution in [0.25, 0.3) is 45.4 Å². The van der Waals surface area contributed by atoms with Crippen molar-refractivity contribution in [1.82, 2.24) is 19.9 Å². The number of allylic oxidation sites excluding steroid dienone is 1. The zero-order valence-electron chi connectivity index (χ0n) is 17.3. The van der Waals surface area contributed by atoms with Crippen molar-refractivity contribution >= 4 is 45.4 Å². The summed E-state index contributed by atoms with van der Waals surface area (Å²) < 4.78 is 0. The fourth-order valence-electron chi connectivity index (χ4n) is 4.08. The minimum absolute atomic E-state index is 0. The Morgan fingerprint density at radius 3 is 1.91 bits per heavy atom. The zero-order valence-corrected chi connectivity index (χ0v) is 18.9. The number of H-pyrrole nitrogens is 2. The average molecular weight is 518 g/mol. The molecule has 6 heteroatoms. The summed E-state index contributed by atoms with van der Waals surface area (Å²) in [5.74, 6) is 0. The number of benzene rings is 1. The number of hydrogen-bond acceptors (Lipinski definition) is 3. The van der Waals surface area contributed by atoms with Crippen molar-refractivity contribution in [2.45, 2.75) is 0 Å². The third kappa shape index (κ3) is 3.97. The smallest absolute Gasteiger partial charge is 0.102 e. The van der Waals surface area contributed by atoms with Crippen LogP contribution in [0, 0.1) is 11.3 Å². The maximum Gasteiger partial charge on any atom is 0.102 e. The molecule has 0 radical (unpaired) electrons. The minimum Gasteiger partial charge on any atom is -0.355 e. The van der Waals surface area contributed by atoms with Gasteiger partial charge in [-0.2, -0.15) is 5.26 Å². The first-order chi connectivity index (χ1) is 15.7. The summed E-state index contributed by atoms with van der Waals surface area (Å²) >= 11 is 0. The van der Waals surface area contributed by atoms with Crippen molar-refractivity contribution in [1.29, 1.82) is 5.26 Å². The second-order valence-corrected chi connectivity index (χ2v) is 7.72. The normalized spacial score (nSPS) is 12.3. The molecule has 8 bridgehead atoms. The third-order valence-corrected chi connectivity index (χ3v) is 5.51. The predicted molar refractivity (Wildman–Crippen MR) is 128 cm³/mol. The van der Waals surface area contributed by atoms with E-state index in [2.05, 4.69) is 16.0 Å². The molecule has 0 saturated heterocycles. The van der Waals surface area contributed by atoms with Gasteiger partial charge in [0.2, 0.25) is 0 Å². The number of aromatic amines is 2. The van der Waals surface area contributed by atoms with Crippen molar-refractivity contribution < 1.29 is 20.4 Å². The zero-order chi connectivity index (χ0) is 21.5. The fraction of sp³-hybridized carbons (Fsp3) is 0. The van der Waals surface area contributed by atoms with E-state index in [1.54, 1.807) is 0 Å². The van der Waals surface area contributed by atoms with E-state index in [1.807, 2.05) is 91.0 Å². The molecular weight excluding hydrogens is 501 g/mol. The SMILES string of the molecule is N#CC1=C(c2ccccc2)c2cc3nc(cc4ccc(cc5ccc(cc1n2)[nH]5)[nH]4)C=C3.[Pd]. The number of fused-ring (bicyclic) bond motifs is 8. The van der Waals surface area contributed by atoms with Crippen molar-refractivity contribution in [3.05, 3.63) is 107 Å². The molecule has 5 nitrogen and oxygen atoms in total. The first-order valence-corrected chi connectivity index (χ1v) is 10.3. The van der Waals surface area contributed by atoms with Gasteiger partial charge in [-0.15, -0.1) is 0 Å². The Morgan fingerprint density at radius 1 is 0.636 bits per heavy atom. The Labute approximate surface area is 203 Å². The Morgan fingerprint density at radius 2 is 1.24 bits per heavy atom. The van der Waals surface area contributed by atoms with Gasteiger partial charge in [-0.25, -0.2) is 9.97 Å². The summed E-state index contributed by atoms with van der Waals surface area (Å²) in [7, 11) is 0. The van der Waals surface area contributed by atoms with Crippen molar-refractivity contribution in [3.63, 3.8) is 0 Å². The Kier molecular flexibility index (Phi) is 5.36. The van der Waals surface area contributed by atoms with Gasteiger partial charge in [-0.05, 0) is 66.2 Å². The van der Waals surface area contributed by atoms with Gasteiger partial charge in [-0.1, -0.05) is 30.3 Å². The van der Waals surface area contributed by atoms with Crippen LogP contribution in [-0.4, -0.2) is 19.9 Å². The molecule has 6 rings (SSSR count). The Hall–Kier alpha value is -4.03. The Bertz CT molecular complexity index is 1630. The first kappa shape index (κ1) is 20.9. The van der Waals surface area contributed by atoms with E-state index >= 15 is 0 Å². The second kappa shape index (κ2) is 8.49. The van der Waals surface area contributed by atoms with Gasteiger partial charge >= 0.3 is 0 Å². The van der Waals surface area contributed by atoms with Gasteiger partial charge in [0.05, 0.1) is 28.3 Å². The number of nitrogens with zero attached hydrogens (tertiary/aromatic N) is 3. The second-order valence-electron chi connectivity index (χ2n) is 7.72. The number of nitrogens with one attached hydrogen (secondary N) is 2. The van der Waals surface area contributed by atoms with Crippen molar-refractivity contribution in [2.75, 3.05) is 0 Å². The molecule has 1 aromatic carbocycles. The summed E-state index contributed by atoms with van der Waals surface area (Å²) in [5, 5.41) is 10.0. The van der Waals surface area contributed by atoms with E-state index in [9.17, 15) is 5.26 Å². The van der Waals surface area contributed by atoms with Gasteiger partial charge in [0, 0.05) is 48.1 Å². The van der Waals surface area contributed by atoms with Gasteiger partial charge in [0.1, 0.15) is 6.07 Å². The first-order valence-electron chi connectivity index (χ1n) is 10.3. The molecule has 0 saturated carbocycles. The van der Waals surface area contributed by atoms with E-state index in [-0.39, 0.29) is 20.4 Å². The molecule has 0 atom stereocenters. The fourth-order valence-corrected chi connectivity index (χ4v) is 4.08. The molecule has 2 aliphatic rings. The summed E-state index contributed by atoms with van der Waals surface area (Å²) in [6.45, 7) is 0. The van der Waals surface area contributed by atoms with Crippen molar-refractivity contribution in [3.8, 4) is 6.07 Å². The van der Waals surface area contributed by atoms with Crippen molar-refractivity contribution in [2.24, 2.45) is 0 Å². The molecule has 160 valence electrons. The number of hydrogen-bond donors (Lipinski definition) is 2. The van der Waals surface area contributed by atoms with Crippen LogP contribution in [0.15, 0.2) is 78.9 Å². The molecule has 0 fully saturated rings. The van der Waals surface area contributed by atoms with Crippen LogP contribution in [0.4, 0.5) is 0 Å². The summed E-state index contributed by atoms with van der Waals surface area (Å²) in [4.78, 5) is 16.4.